The van der Waals surface area contributed by atoms with Gasteiger partial charge in [0, 0.05) is 31.2 Å². The van der Waals surface area contributed by atoms with Gasteiger partial charge in [0.1, 0.15) is 0 Å². The maximum Gasteiger partial charge on any atom is 0.291 e. The topological polar surface area (TPSA) is 91.7 Å². The Balaban J connectivity index is 1.26. The normalized spacial score (nSPS) is 19.5. The van der Waals surface area contributed by atoms with Gasteiger partial charge < -0.3 is 20.0 Å². The first-order valence-electron chi connectivity index (χ1n) is 10.1. The summed E-state index contributed by atoms with van der Waals surface area (Å²) in [6.45, 7) is 0.923. The lowest BCUT2D eigenvalue weighted by molar-refractivity contribution is -0.130. The summed E-state index contributed by atoms with van der Waals surface area (Å²) in [5.74, 6) is -0.300. The molecule has 0 spiro atoms. The lowest BCUT2D eigenvalue weighted by Gasteiger charge is -2.23. The molecular formula is C22H25N3O4. The molecule has 1 aromatic carbocycles. The van der Waals surface area contributed by atoms with E-state index >= 15 is 0 Å². The molecular weight excluding hydrogens is 370 g/mol. The molecule has 1 saturated carbocycles. The highest BCUT2D eigenvalue weighted by Gasteiger charge is 2.38. The zero-order valence-corrected chi connectivity index (χ0v) is 16.2. The van der Waals surface area contributed by atoms with Gasteiger partial charge in [-0.05, 0) is 42.7 Å². The summed E-state index contributed by atoms with van der Waals surface area (Å²) >= 11 is 0. The van der Waals surface area contributed by atoms with Gasteiger partial charge in [-0.1, -0.05) is 25.0 Å². The van der Waals surface area contributed by atoms with E-state index in [1.165, 1.54) is 19.1 Å². The Morgan fingerprint density at radius 1 is 1.10 bits per heavy atom. The fraction of sp³-hybridized carbons (Fsp3) is 0.409. The van der Waals surface area contributed by atoms with Crippen molar-refractivity contribution >= 4 is 23.4 Å². The maximum absolute atomic E-state index is 12.5. The molecule has 152 valence electrons. The molecule has 2 aromatic rings. The van der Waals surface area contributed by atoms with Gasteiger partial charge in [0.2, 0.25) is 11.8 Å². The number of nitrogens with one attached hydrogen (secondary N) is 2. The van der Waals surface area contributed by atoms with E-state index in [1.807, 2.05) is 17.0 Å². The lowest BCUT2D eigenvalue weighted by atomic mass is 10.1. The molecule has 1 aliphatic carbocycles. The number of rotatable bonds is 6. The van der Waals surface area contributed by atoms with E-state index in [1.54, 1.807) is 24.3 Å². The smallest absolute Gasteiger partial charge is 0.291 e. The van der Waals surface area contributed by atoms with Crippen LogP contribution in [0.3, 0.4) is 0 Å². The van der Waals surface area contributed by atoms with Gasteiger partial charge in [0.15, 0.2) is 5.76 Å². The summed E-state index contributed by atoms with van der Waals surface area (Å²) in [5.41, 5.74) is 1.57. The summed E-state index contributed by atoms with van der Waals surface area (Å²) < 4.78 is 5.07. The minimum absolute atomic E-state index is 0.0750. The third-order valence-electron chi connectivity index (χ3n) is 5.72. The number of hydrogen-bond acceptors (Lipinski definition) is 4. The van der Waals surface area contributed by atoms with Gasteiger partial charge in [0.05, 0.1) is 12.2 Å². The van der Waals surface area contributed by atoms with Gasteiger partial charge >= 0.3 is 0 Å². The Bertz CT molecular complexity index is 870. The van der Waals surface area contributed by atoms with Crippen LogP contribution in [-0.2, 0) is 16.1 Å². The average molecular weight is 395 g/mol. The maximum atomic E-state index is 12.5. The monoisotopic (exact) mass is 395 g/mol. The fourth-order valence-electron chi connectivity index (χ4n) is 4.12. The van der Waals surface area contributed by atoms with E-state index in [-0.39, 0.29) is 29.4 Å². The first-order valence-corrected chi connectivity index (χ1v) is 10.1. The zero-order valence-electron chi connectivity index (χ0n) is 16.2. The first-order chi connectivity index (χ1) is 14.1. The number of carbonyl (C=O) groups excluding carboxylic acids is 3. The van der Waals surface area contributed by atoms with Gasteiger partial charge in [-0.15, -0.1) is 0 Å². The van der Waals surface area contributed by atoms with Crippen molar-refractivity contribution in [1.82, 2.24) is 10.2 Å². The highest BCUT2D eigenvalue weighted by atomic mass is 16.3. The van der Waals surface area contributed by atoms with E-state index in [4.69, 9.17) is 4.42 Å². The number of furan rings is 1. The third-order valence-corrected chi connectivity index (χ3v) is 5.72. The number of hydrogen-bond donors (Lipinski definition) is 2. The molecule has 2 heterocycles. The number of likely N-dealkylation sites (tertiary alicyclic amines) is 1. The Morgan fingerprint density at radius 3 is 2.55 bits per heavy atom. The van der Waals surface area contributed by atoms with Crippen molar-refractivity contribution in [2.24, 2.45) is 5.92 Å². The van der Waals surface area contributed by atoms with Crippen molar-refractivity contribution in [3.8, 4) is 0 Å². The molecule has 7 nitrogen and oxygen atoms in total. The van der Waals surface area contributed by atoms with Crippen molar-refractivity contribution in [2.45, 2.75) is 44.7 Å². The molecule has 0 unspecified atom stereocenters. The minimum Gasteiger partial charge on any atom is -0.459 e. The Kier molecular flexibility index (Phi) is 5.64. The molecule has 1 aliphatic heterocycles. The second-order valence-corrected chi connectivity index (χ2v) is 7.73. The molecule has 2 fully saturated rings. The van der Waals surface area contributed by atoms with Gasteiger partial charge in [0.25, 0.3) is 5.91 Å². The molecule has 4 rings (SSSR count). The van der Waals surface area contributed by atoms with Crippen LogP contribution in [0, 0.1) is 5.92 Å². The molecule has 29 heavy (non-hydrogen) atoms. The van der Waals surface area contributed by atoms with Crippen LogP contribution >= 0.6 is 0 Å². The Labute approximate surface area is 169 Å². The standard InChI is InChI=1S/C22H25N3O4/c26-20-12-16(14-25(20)18-4-1-2-5-18)21(27)23-13-15-7-9-17(10-8-15)24-22(28)19-6-3-11-29-19/h3,6-11,16,18H,1-2,4-5,12-14H2,(H,23,27)(H,24,28)/t16-/m0/s1. The number of amides is 3. The Hall–Kier alpha value is -3.09. The molecule has 0 bridgehead atoms. The summed E-state index contributed by atoms with van der Waals surface area (Å²) in [4.78, 5) is 38.7. The van der Waals surface area contributed by atoms with Gasteiger partial charge in [-0.25, -0.2) is 0 Å². The van der Waals surface area contributed by atoms with Crippen LogP contribution in [-0.4, -0.2) is 35.2 Å². The van der Waals surface area contributed by atoms with Crippen LogP contribution < -0.4 is 10.6 Å². The van der Waals surface area contributed by atoms with E-state index in [0.717, 1.165) is 18.4 Å². The number of nitrogens with zero attached hydrogens (tertiary/aromatic N) is 1. The SMILES string of the molecule is O=C(Nc1ccc(CNC(=O)[C@H]2CC(=O)N(C3CCCC3)C2)cc1)c1ccco1. The molecule has 0 radical (unpaired) electrons. The molecule has 2 aliphatic rings. The largest absolute Gasteiger partial charge is 0.459 e. The van der Waals surface area contributed by atoms with Crippen LogP contribution in [0.25, 0.3) is 0 Å². The van der Waals surface area contributed by atoms with E-state index in [0.29, 0.717) is 31.2 Å². The number of anilines is 1. The van der Waals surface area contributed by atoms with E-state index in [9.17, 15) is 14.4 Å². The van der Waals surface area contributed by atoms with Crippen molar-refractivity contribution in [3.63, 3.8) is 0 Å². The predicted molar refractivity (Wildman–Crippen MR) is 107 cm³/mol. The molecule has 3 amide bonds. The second-order valence-electron chi connectivity index (χ2n) is 7.73. The van der Waals surface area contributed by atoms with Crippen LogP contribution in [0.2, 0.25) is 0 Å². The lowest BCUT2D eigenvalue weighted by Crippen LogP contribution is -2.36. The van der Waals surface area contributed by atoms with E-state index < -0.39 is 0 Å². The van der Waals surface area contributed by atoms with Crippen molar-refractivity contribution < 1.29 is 18.8 Å². The average Bonchev–Trinajstić information content (AvgIpc) is 3.48. The summed E-state index contributed by atoms with van der Waals surface area (Å²) in [6, 6.07) is 10.8. The van der Waals surface area contributed by atoms with Crippen LogP contribution in [0.15, 0.2) is 47.1 Å². The molecule has 2 N–H and O–H groups in total. The van der Waals surface area contributed by atoms with Crippen LogP contribution in [0.5, 0.6) is 0 Å². The molecule has 1 atom stereocenters. The van der Waals surface area contributed by atoms with Crippen LogP contribution in [0.4, 0.5) is 5.69 Å². The highest BCUT2D eigenvalue weighted by Crippen LogP contribution is 2.29. The van der Waals surface area contributed by atoms with Crippen molar-refractivity contribution in [1.29, 1.82) is 0 Å². The van der Waals surface area contributed by atoms with Gasteiger partial charge in [-0.2, -0.15) is 0 Å². The van der Waals surface area contributed by atoms with Crippen molar-refractivity contribution in [3.05, 3.63) is 54.0 Å². The predicted octanol–water partition coefficient (Wildman–Crippen LogP) is 2.94. The summed E-state index contributed by atoms with van der Waals surface area (Å²) in [5, 5.41) is 5.69. The fourth-order valence-corrected chi connectivity index (χ4v) is 4.12. The number of carbonyl (C=O) groups is 3. The van der Waals surface area contributed by atoms with Gasteiger partial charge in [-0.3, -0.25) is 14.4 Å². The van der Waals surface area contributed by atoms with Crippen molar-refractivity contribution in [2.75, 3.05) is 11.9 Å². The van der Waals surface area contributed by atoms with E-state index in [2.05, 4.69) is 10.6 Å². The molecule has 1 aromatic heterocycles. The molecule has 1 saturated heterocycles. The second kappa shape index (κ2) is 8.51. The number of benzene rings is 1. The first kappa shape index (κ1) is 19.2. The summed E-state index contributed by atoms with van der Waals surface area (Å²) in [6.07, 6.45) is 6.21. The quantitative estimate of drug-likeness (QED) is 0.787. The summed E-state index contributed by atoms with van der Waals surface area (Å²) in [7, 11) is 0. The zero-order chi connectivity index (χ0) is 20.2. The van der Waals surface area contributed by atoms with Crippen LogP contribution in [0.1, 0.15) is 48.2 Å². The highest BCUT2D eigenvalue weighted by molar-refractivity contribution is 6.02. The molecule has 7 heteroatoms. The Morgan fingerprint density at radius 2 is 1.86 bits per heavy atom. The third kappa shape index (κ3) is 4.50. The minimum atomic E-state index is -0.311.